The van der Waals surface area contributed by atoms with Crippen LogP contribution in [0.25, 0.3) is 6.08 Å². The number of aliphatic hydroxyl groups is 1. The van der Waals surface area contributed by atoms with Crippen molar-refractivity contribution in [3.8, 4) is 5.75 Å². The summed E-state index contributed by atoms with van der Waals surface area (Å²) >= 11 is 0. The monoisotopic (exact) mass is 343 g/mol. The van der Waals surface area contributed by atoms with Crippen LogP contribution in [0.4, 0.5) is 4.39 Å². The van der Waals surface area contributed by atoms with Crippen molar-refractivity contribution < 1.29 is 19.0 Å². The van der Waals surface area contributed by atoms with Crippen LogP contribution in [-0.4, -0.2) is 36.7 Å². The first kappa shape index (κ1) is 18.7. The molecule has 0 aliphatic carbocycles. The molecule has 1 N–H and O–H groups in total. The Kier molecular flexibility index (Phi) is 6.71. The van der Waals surface area contributed by atoms with E-state index in [0.29, 0.717) is 12.0 Å². The van der Waals surface area contributed by atoms with Gasteiger partial charge in [0.2, 0.25) is 5.91 Å². The maximum atomic E-state index is 13.4. The van der Waals surface area contributed by atoms with Crippen LogP contribution in [0.1, 0.15) is 23.6 Å². The van der Waals surface area contributed by atoms with Gasteiger partial charge in [0.05, 0.1) is 13.2 Å². The summed E-state index contributed by atoms with van der Waals surface area (Å²) in [5, 5.41) is 9.31. The van der Waals surface area contributed by atoms with Gasteiger partial charge >= 0.3 is 0 Å². The molecule has 2 rings (SSSR count). The number of carbonyl (C=O) groups excluding carboxylic acids is 1. The van der Waals surface area contributed by atoms with Crippen LogP contribution in [0, 0.1) is 5.82 Å². The molecule has 0 fully saturated rings. The van der Waals surface area contributed by atoms with Gasteiger partial charge in [-0.3, -0.25) is 4.79 Å². The third kappa shape index (κ3) is 4.90. The van der Waals surface area contributed by atoms with E-state index in [9.17, 15) is 14.3 Å². The first-order chi connectivity index (χ1) is 12.1. The number of aliphatic hydroxyl groups excluding tert-OH is 1. The second-order valence-corrected chi connectivity index (χ2v) is 5.62. The van der Waals surface area contributed by atoms with Crippen molar-refractivity contribution in [2.75, 3.05) is 20.8 Å². The highest BCUT2D eigenvalue weighted by atomic mass is 19.1. The Morgan fingerprint density at radius 3 is 2.64 bits per heavy atom. The van der Waals surface area contributed by atoms with E-state index >= 15 is 0 Å². The molecule has 132 valence electrons. The molecule has 25 heavy (non-hydrogen) atoms. The van der Waals surface area contributed by atoms with Crippen LogP contribution >= 0.6 is 0 Å². The SMILES string of the molecule is COc1cc(/C=C/C(=O)N(C)C(CCO)c2ccccc2)ccc1F. The van der Waals surface area contributed by atoms with Crippen molar-refractivity contribution in [3.63, 3.8) is 0 Å². The van der Waals surface area contributed by atoms with Gasteiger partial charge < -0.3 is 14.7 Å². The fourth-order valence-electron chi connectivity index (χ4n) is 2.60. The lowest BCUT2D eigenvalue weighted by atomic mass is 10.0. The third-order valence-electron chi connectivity index (χ3n) is 4.00. The maximum absolute atomic E-state index is 13.4. The maximum Gasteiger partial charge on any atom is 0.246 e. The fourth-order valence-corrected chi connectivity index (χ4v) is 2.60. The molecule has 0 radical (unpaired) electrons. The summed E-state index contributed by atoms with van der Waals surface area (Å²) < 4.78 is 18.4. The predicted molar refractivity (Wildman–Crippen MR) is 95.6 cm³/mol. The second kappa shape index (κ2) is 8.99. The Hall–Kier alpha value is -2.66. The van der Waals surface area contributed by atoms with E-state index < -0.39 is 5.82 Å². The summed E-state index contributed by atoms with van der Waals surface area (Å²) in [6.45, 7) is -0.0178. The smallest absolute Gasteiger partial charge is 0.246 e. The molecule has 0 bridgehead atoms. The van der Waals surface area contributed by atoms with Crippen LogP contribution in [-0.2, 0) is 4.79 Å². The molecular weight excluding hydrogens is 321 g/mol. The van der Waals surface area contributed by atoms with E-state index in [-0.39, 0.29) is 24.3 Å². The average Bonchev–Trinajstić information content (AvgIpc) is 2.65. The van der Waals surface area contributed by atoms with E-state index in [1.165, 1.54) is 25.3 Å². The van der Waals surface area contributed by atoms with Crippen LogP contribution in [0.2, 0.25) is 0 Å². The van der Waals surface area contributed by atoms with Gasteiger partial charge in [-0.2, -0.15) is 0 Å². The number of likely N-dealkylation sites (N-methyl/N-ethyl adjacent to an activating group) is 1. The van der Waals surface area contributed by atoms with Crippen molar-refractivity contribution >= 4 is 12.0 Å². The summed E-state index contributed by atoms with van der Waals surface area (Å²) in [5.41, 5.74) is 1.63. The van der Waals surface area contributed by atoms with Crippen molar-refractivity contribution in [2.45, 2.75) is 12.5 Å². The summed E-state index contributed by atoms with van der Waals surface area (Å²) in [6.07, 6.45) is 3.49. The minimum atomic E-state index is -0.449. The number of amides is 1. The highest BCUT2D eigenvalue weighted by molar-refractivity contribution is 5.92. The molecule has 5 heteroatoms. The Morgan fingerprint density at radius 1 is 1.28 bits per heavy atom. The molecule has 4 nitrogen and oxygen atoms in total. The van der Waals surface area contributed by atoms with Crippen LogP contribution < -0.4 is 4.74 Å². The number of hydrogen-bond acceptors (Lipinski definition) is 3. The number of halogens is 1. The number of ether oxygens (including phenoxy) is 1. The zero-order valence-corrected chi connectivity index (χ0v) is 14.4. The summed E-state index contributed by atoms with van der Waals surface area (Å²) in [6, 6.07) is 13.8. The molecule has 1 unspecified atom stereocenters. The van der Waals surface area contributed by atoms with Crippen LogP contribution in [0.3, 0.4) is 0 Å². The summed E-state index contributed by atoms with van der Waals surface area (Å²) in [4.78, 5) is 14.1. The van der Waals surface area contributed by atoms with Crippen molar-refractivity contribution in [1.29, 1.82) is 0 Å². The lowest BCUT2D eigenvalue weighted by molar-refractivity contribution is -0.127. The van der Waals surface area contributed by atoms with Crippen molar-refractivity contribution in [3.05, 3.63) is 71.6 Å². The topological polar surface area (TPSA) is 49.8 Å². The molecule has 2 aromatic rings. The minimum Gasteiger partial charge on any atom is -0.494 e. The first-order valence-electron chi connectivity index (χ1n) is 8.01. The highest BCUT2D eigenvalue weighted by Crippen LogP contribution is 2.23. The van der Waals surface area contributed by atoms with E-state index in [1.54, 1.807) is 24.1 Å². The largest absolute Gasteiger partial charge is 0.494 e. The highest BCUT2D eigenvalue weighted by Gasteiger charge is 2.19. The Labute approximate surface area is 147 Å². The molecule has 0 heterocycles. The number of hydrogen-bond donors (Lipinski definition) is 1. The molecule has 1 amide bonds. The normalized spacial score (nSPS) is 12.2. The first-order valence-corrected chi connectivity index (χ1v) is 8.01. The number of benzene rings is 2. The zero-order chi connectivity index (χ0) is 18.2. The molecule has 0 aromatic heterocycles. The van der Waals surface area contributed by atoms with Gasteiger partial charge in [-0.25, -0.2) is 4.39 Å². The van der Waals surface area contributed by atoms with Crippen LogP contribution in [0.15, 0.2) is 54.6 Å². The molecule has 2 aromatic carbocycles. The number of methoxy groups -OCH3 is 1. The predicted octanol–water partition coefficient (Wildman–Crippen LogP) is 3.43. The second-order valence-electron chi connectivity index (χ2n) is 5.62. The van der Waals surface area contributed by atoms with Gasteiger partial charge in [0.25, 0.3) is 0 Å². The summed E-state index contributed by atoms with van der Waals surface area (Å²) in [7, 11) is 3.09. The van der Waals surface area contributed by atoms with Gasteiger partial charge in [0.1, 0.15) is 0 Å². The average molecular weight is 343 g/mol. The van der Waals surface area contributed by atoms with E-state index in [1.807, 2.05) is 30.3 Å². The lowest BCUT2D eigenvalue weighted by Crippen LogP contribution is -2.30. The van der Waals surface area contributed by atoms with E-state index in [0.717, 1.165) is 5.56 Å². The van der Waals surface area contributed by atoms with Crippen LogP contribution in [0.5, 0.6) is 5.75 Å². The van der Waals surface area contributed by atoms with Gasteiger partial charge in [-0.15, -0.1) is 0 Å². The number of carbonyl (C=O) groups is 1. The lowest BCUT2D eigenvalue weighted by Gasteiger charge is -2.27. The molecule has 0 aliphatic rings. The quantitative estimate of drug-likeness (QED) is 0.784. The third-order valence-corrected chi connectivity index (χ3v) is 4.00. The minimum absolute atomic E-state index is 0.0178. The van der Waals surface area contributed by atoms with Gasteiger partial charge in [0.15, 0.2) is 11.6 Å². The van der Waals surface area contributed by atoms with E-state index in [4.69, 9.17) is 4.74 Å². The molecule has 0 aliphatic heterocycles. The van der Waals surface area contributed by atoms with Gasteiger partial charge in [-0.1, -0.05) is 36.4 Å². The molecule has 0 spiro atoms. The van der Waals surface area contributed by atoms with E-state index in [2.05, 4.69) is 0 Å². The van der Waals surface area contributed by atoms with Crippen molar-refractivity contribution in [1.82, 2.24) is 4.90 Å². The Morgan fingerprint density at radius 2 is 2.00 bits per heavy atom. The summed E-state index contributed by atoms with van der Waals surface area (Å²) in [5.74, 6) is -0.522. The number of nitrogens with zero attached hydrogens (tertiary/aromatic N) is 1. The molecule has 0 saturated heterocycles. The van der Waals surface area contributed by atoms with Crippen molar-refractivity contribution in [2.24, 2.45) is 0 Å². The Balaban J connectivity index is 2.15. The standard InChI is InChI=1S/C20H22FNO3/c1-22(18(12-13-23)16-6-4-3-5-7-16)20(24)11-9-15-8-10-17(21)19(14-15)25-2/h3-11,14,18,23H,12-13H2,1-2H3/b11-9+. The fraction of sp³-hybridized carbons (Fsp3) is 0.250. The Bertz CT molecular complexity index is 731. The molecule has 1 atom stereocenters. The number of rotatable bonds is 7. The molecular formula is C20H22FNO3. The van der Waals surface area contributed by atoms with Gasteiger partial charge in [0, 0.05) is 19.7 Å². The zero-order valence-electron chi connectivity index (χ0n) is 14.4. The molecule has 0 saturated carbocycles. The van der Waals surface area contributed by atoms with Gasteiger partial charge in [-0.05, 0) is 35.8 Å².